The van der Waals surface area contributed by atoms with Crippen molar-refractivity contribution in [3.8, 4) is 0 Å². The van der Waals surface area contributed by atoms with Crippen LogP contribution in [0.2, 0.25) is 0 Å². The third-order valence-electron chi connectivity index (χ3n) is 13.7. The van der Waals surface area contributed by atoms with Gasteiger partial charge in [0.2, 0.25) is 0 Å². The molecule has 8 heteroatoms. The minimum absolute atomic E-state index is 0.0965. The Morgan fingerprint density at radius 3 is 2.24 bits per heavy atom. The van der Waals surface area contributed by atoms with Crippen LogP contribution in [0.25, 0.3) is 0 Å². The number of nitrogens with one attached hydrogen (secondary N) is 2. The molecule has 0 bridgehead atoms. The van der Waals surface area contributed by atoms with E-state index in [9.17, 15) is 24.3 Å². The molecular formula is C37H58N2O6. The molecule has 4 unspecified atom stereocenters. The van der Waals surface area contributed by atoms with Crippen molar-refractivity contribution in [3.63, 3.8) is 0 Å². The van der Waals surface area contributed by atoms with Crippen LogP contribution < -0.4 is 10.6 Å². The number of hydrogen-bond acceptors (Lipinski definition) is 5. The number of esters is 1. The Kier molecular flexibility index (Phi) is 8.60. The van der Waals surface area contributed by atoms with Gasteiger partial charge in [-0.3, -0.25) is 14.4 Å². The van der Waals surface area contributed by atoms with Gasteiger partial charge in [0.25, 0.3) is 0 Å². The number of Topliss-reactive ketones (excluding diaryl/α,β-unsaturated/α-hetero) is 1. The van der Waals surface area contributed by atoms with Crippen molar-refractivity contribution in [1.82, 2.24) is 10.6 Å². The van der Waals surface area contributed by atoms with E-state index in [1.54, 1.807) is 13.8 Å². The fraction of sp³-hybridized carbons (Fsp3) is 0.838. The maximum Gasteiger partial charge on any atom is 0.315 e. The van der Waals surface area contributed by atoms with E-state index in [-0.39, 0.29) is 46.5 Å². The molecule has 8 nitrogen and oxygen atoms in total. The predicted molar refractivity (Wildman–Crippen MR) is 173 cm³/mol. The number of carboxylic acid groups (broad SMARTS) is 1. The van der Waals surface area contributed by atoms with Gasteiger partial charge in [-0.25, -0.2) is 4.79 Å². The molecule has 0 spiro atoms. The molecule has 4 saturated carbocycles. The zero-order valence-corrected chi connectivity index (χ0v) is 29.2. The molecule has 0 aliphatic heterocycles. The fourth-order valence-corrected chi connectivity index (χ4v) is 11.7. The van der Waals surface area contributed by atoms with Crippen molar-refractivity contribution in [2.24, 2.45) is 51.2 Å². The van der Waals surface area contributed by atoms with Gasteiger partial charge in [0.15, 0.2) is 5.78 Å². The first-order valence-electron chi connectivity index (χ1n) is 17.6. The highest BCUT2D eigenvalue weighted by atomic mass is 16.5. The van der Waals surface area contributed by atoms with Gasteiger partial charge in [-0.05, 0) is 124 Å². The van der Waals surface area contributed by atoms with Crippen LogP contribution in [0.5, 0.6) is 0 Å². The second-order valence-corrected chi connectivity index (χ2v) is 17.3. The smallest absolute Gasteiger partial charge is 0.315 e. The number of rotatable bonds is 7. The number of carboxylic acids is 1. The lowest BCUT2D eigenvalue weighted by Crippen LogP contribution is -2.64. The van der Waals surface area contributed by atoms with Crippen LogP contribution in [0.15, 0.2) is 11.1 Å². The Bertz CT molecular complexity index is 1280. The SMILES string of the molecule is CCNC(=O)N[C@@]12CCC3C(CCC4[C@@]3(C)CCC3C(C)(C)[C@@H](OC(=O)CC(C)(C)C(=O)O)CC[C@@]34C)C1=C(C(C)C)C(=O)C2. The van der Waals surface area contributed by atoms with Crippen LogP contribution in [0.3, 0.4) is 0 Å². The minimum atomic E-state index is -1.16. The highest BCUT2D eigenvalue weighted by molar-refractivity contribution is 6.02. The fourth-order valence-electron chi connectivity index (χ4n) is 11.7. The molecule has 5 aliphatic carbocycles. The molecule has 0 aromatic carbocycles. The number of ketones is 1. The van der Waals surface area contributed by atoms with Crippen LogP contribution in [0, 0.1) is 51.2 Å². The topological polar surface area (TPSA) is 122 Å². The molecule has 0 heterocycles. The van der Waals surface area contributed by atoms with Gasteiger partial charge in [0.1, 0.15) is 6.10 Å². The summed E-state index contributed by atoms with van der Waals surface area (Å²) >= 11 is 0. The van der Waals surface area contributed by atoms with E-state index in [0.717, 1.165) is 56.9 Å². The van der Waals surface area contributed by atoms with E-state index < -0.39 is 22.9 Å². The standard InChI is InChI=1S/C37H58N2O6/c1-10-38-32(44)39-37-18-13-23-22(30(37)29(21(2)3)24(40)19-37)11-12-26-35(23,8)16-14-25-34(6,7)27(15-17-36(25,26)9)45-28(41)20-33(4,5)31(42)43/h21-23,25-27H,10-20H2,1-9H3,(H,42,43)(H2,38,39,44)/t22?,23?,25?,26?,27-,35-,36-,37+/m0/s1. The number of amides is 2. The van der Waals surface area contributed by atoms with E-state index >= 15 is 0 Å². The number of aliphatic carboxylic acids is 1. The summed E-state index contributed by atoms with van der Waals surface area (Å²) in [5.74, 6) is 0.603. The van der Waals surface area contributed by atoms with E-state index in [0.29, 0.717) is 36.6 Å². The molecule has 5 aliphatic rings. The highest BCUT2D eigenvalue weighted by Crippen LogP contribution is 2.72. The predicted octanol–water partition coefficient (Wildman–Crippen LogP) is 7.06. The molecular weight excluding hydrogens is 568 g/mol. The highest BCUT2D eigenvalue weighted by Gasteiger charge is 2.67. The van der Waals surface area contributed by atoms with Crippen molar-refractivity contribution in [3.05, 3.63) is 11.1 Å². The number of carbonyl (C=O) groups excluding carboxylic acids is 3. The Hall–Kier alpha value is -2.38. The molecule has 3 N–H and O–H groups in total. The van der Waals surface area contributed by atoms with Gasteiger partial charge >= 0.3 is 18.0 Å². The first-order valence-corrected chi connectivity index (χ1v) is 17.6. The molecule has 0 saturated heterocycles. The average Bonchev–Trinajstić information content (AvgIpc) is 3.21. The second-order valence-electron chi connectivity index (χ2n) is 17.3. The Morgan fingerprint density at radius 1 is 0.956 bits per heavy atom. The third kappa shape index (κ3) is 5.34. The van der Waals surface area contributed by atoms with Gasteiger partial charge in [0, 0.05) is 18.4 Å². The van der Waals surface area contributed by atoms with Gasteiger partial charge in [-0.15, -0.1) is 0 Å². The van der Waals surface area contributed by atoms with Crippen molar-refractivity contribution >= 4 is 23.8 Å². The third-order valence-corrected chi connectivity index (χ3v) is 13.7. The van der Waals surface area contributed by atoms with E-state index in [2.05, 4.69) is 52.2 Å². The van der Waals surface area contributed by atoms with E-state index in [1.807, 2.05) is 6.92 Å². The van der Waals surface area contributed by atoms with Crippen LogP contribution in [-0.2, 0) is 19.1 Å². The molecule has 0 radical (unpaired) electrons. The first kappa shape index (κ1) is 34.0. The number of urea groups is 1. The molecule has 0 aromatic heterocycles. The zero-order chi connectivity index (χ0) is 33.3. The van der Waals surface area contributed by atoms with E-state index in [4.69, 9.17) is 4.74 Å². The molecule has 5 rings (SSSR count). The van der Waals surface area contributed by atoms with E-state index in [1.165, 1.54) is 5.57 Å². The van der Waals surface area contributed by atoms with Gasteiger partial charge in [-0.1, -0.05) is 41.5 Å². The summed E-state index contributed by atoms with van der Waals surface area (Å²) < 4.78 is 6.11. The summed E-state index contributed by atoms with van der Waals surface area (Å²) in [5.41, 5.74) is 0.488. The largest absolute Gasteiger partial charge is 0.481 e. The number of ether oxygens (including phenoxy) is 1. The van der Waals surface area contributed by atoms with Crippen LogP contribution in [0.1, 0.15) is 127 Å². The Morgan fingerprint density at radius 2 is 1.62 bits per heavy atom. The van der Waals surface area contributed by atoms with Crippen molar-refractivity contribution < 1.29 is 29.0 Å². The second kappa shape index (κ2) is 11.4. The molecule has 45 heavy (non-hydrogen) atoms. The lowest BCUT2D eigenvalue weighted by atomic mass is 9.37. The summed E-state index contributed by atoms with van der Waals surface area (Å²) in [6, 6.07) is -0.176. The van der Waals surface area contributed by atoms with Crippen molar-refractivity contribution in [1.29, 1.82) is 0 Å². The van der Waals surface area contributed by atoms with Crippen LogP contribution in [0.4, 0.5) is 4.79 Å². The zero-order valence-electron chi connectivity index (χ0n) is 29.2. The monoisotopic (exact) mass is 626 g/mol. The van der Waals surface area contributed by atoms with Crippen molar-refractivity contribution in [2.45, 2.75) is 138 Å². The molecule has 252 valence electrons. The summed E-state index contributed by atoms with van der Waals surface area (Å²) in [6.07, 6.45) is 7.91. The maximum absolute atomic E-state index is 13.6. The summed E-state index contributed by atoms with van der Waals surface area (Å²) in [4.78, 5) is 51.1. The number of allylic oxidation sites excluding steroid dienone is 1. The van der Waals surface area contributed by atoms with Crippen LogP contribution in [-0.4, -0.2) is 47.0 Å². The normalized spacial score (nSPS) is 38.9. The maximum atomic E-state index is 13.6. The Labute approximate surface area is 270 Å². The van der Waals surface area contributed by atoms with Gasteiger partial charge < -0.3 is 20.5 Å². The summed E-state index contributed by atoms with van der Waals surface area (Å²) in [6.45, 7) is 19.4. The van der Waals surface area contributed by atoms with Gasteiger partial charge in [-0.2, -0.15) is 0 Å². The first-order chi connectivity index (χ1) is 20.8. The molecule has 4 fully saturated rings. The molecule has 0 aromatic rings. The number of carbonyl (C=O) groups is 4. The van der Waals surface area contributed by atoms with Crippen LogP contribution >= 0.6 is 0 Å². The Balaban J connectivity index is 1.41. The van der Waals surface area contributed by atoms with Crippen molar-refractivity contribution in [2.75, 3.05) is 6.54 Å². The lowest BCUT2D eigenvalue weighted by molar-refractivity contribution is -0.213. The number of hydrogen-bond donors (Lipinski definition) is 3. The summed E-state index contributed by atoms with van der Waals surface area (Å²) in [5, 5.41) is 15.8. The van der Waals surface area contributed by atoms with Gasteiger partial charge in [0.05, 0.1) is 17.4 Å². The quantitative estimate of drug-likeness (QED) is 0.260. The summed E-state index contributed by atoms with van der Waals surface area (Å²) in [7, 11) is 0. The molecule has 8 atom stereocenters. The minimum Gasteiger partial charge on any atom is -0.481 e. The average molecular weight is 627 g/mol. The molecule has 2 amide bonds. The number of fused-ring (bicyclic) bond motifs is 7. The lowest BCUT2D eigenvalue weighted by Gasteiger charge is -2.68.